The highest BCUT2D eigenvalue weighted by Gasteiger charge is 2.21. The molecule has 7 heteroatoms. The number of aromatic nitrogens is 3. The summed E-state index contributed by atoms with van der Waals surface area (Å²) in [7, 11) is 1.60. The van der Waals surface area contributed by atoms with E-state index in [4.69, 9.17) is 14.0 Å². The van der Waals surface area contributed by atoms with Gasteiger partial charge in [-0.1, -0.05) is 47.6 Å². The first kappa shape index (κ1) is 20.4. The van der Waals surface area contributed by atoms with Crippen molar-refractivity contribution >= 4 is 5.97 Å². The fourth-order valence-electron chi connectivity index (χ4n) is 3.33. The van der Waals surface area contributed by atoms with Crippen LogP contribution in [0.15, 0.2) is 65.3 Å². The zero-order chi connectivity index (χ0) is 21.8. The maximum atomic E-state index is 13.0. The lowest BCUT2D eigenvalue weighted by Crippen LogP contribution is -2.07. The van der Waals surface area contributed by atoms with Gasteiger partial charge < -0.3 is 14.0 Å². The van der Waals surface area contributed by atoms with E-state index in [1.165, 1.54) is 0 Å². The minimum absolute atomic E-state index is 0.0847. The molecule has 31 heavy (non-hydrogen) atoms. The van der Waals surface area contributed by atoms with E-state index in [-0.39, 0.29) is 6.61 Å². The Bertz CT molecular complexity index is 1180. The second kappa shape index (κ2) is 8.87. The molecule has 0 fully saturated rings. The molecular weight excluding hydrogens is 394 g/mol. The fourth-order valence-corrected chi connectivity index (χ4v) is 3.33. The van der Waals surface area contributed by atoms with E-state index >= 15 is 0 Å². The highest BCUT2D eigenvalue weighted by atomic mass is 16.5. The number of aryl methyl sites for hydroxylation is 2. The number of hydrogen-bond acceptors (Lipinski definition) is 6. The Labute approximate surface area is 180 Å². The smallest absolute Gasteiger partial charge is 0.342 e. The standard InChI is InChI=1S/C24H23N3O4/c1-16-22(17(2)31-26-16)15-30-24(28)21-14-27(13-18-8-5-4-6-9-18)25-23(21)19-10-7-11-20(12-19)29-3/h4-12,14H,13,15H2,1-3H3. The first-order valence-electron chi connectivity index (χ1n) is 9.90. The molecule has 0 bridgehead atoms. The number of ether oxygens (including phenoxy) is 2. The van der Waals surface area contributed by atoms with Gasteiger partial charge in [0.05, 0.1) is 24.9 Å². The second-order valence-electron chi connectivity index (χ2n) is 7.19. The van der Waals surface area contributed by atoms with Crippen LogP contribution in [0, 0.1) is 13.8 Å². The van der Waals surface area contributed by atoms with Gasteiger partial charge in [0.1, 0.15) is 29.4 Å². The van der Waals surface area contributed by atoms with Crippen LogP contribution in [0.4, 0.5) is 0 Å². The highest BCUT2D eigenvalue weighted by Crippen LogP contribution is 2.27. The first-order valence-corrected chi connectivity index (χ1v) is 9.90. The van der Waals surface area contributed by atoms with Crippen molar-refractivity contribution in [2.45, 2.75) is 27.0 Å². The lowest BCUT2D eigenvalue weighted by atomic mass is 10.1. The van der Waals surface area contributed by atoms with Crippen LogP contribution in [-0.2, 0) is 17.9 Å². The summed E-state index contributed by atoms with van der Waals surface area (Å²) in [6.45, 7) is 4.23. The van der Waals surface area contributed by atoms with Gasteiger partial charge in [-0.15, -0.1) is 0 Å². The normalized spacial score (nSPS) is 10.8. The molecule has 2 aromatic carbocycles. The molecule has 0 amide bonds. The van der Waals surface area contributed by atoms with E-state index in [1.54, 1.807) is 24.9 Å². The molecule has 0 atom stereocenters. The Kier molecular flexibility index (Phi) is 5.84. The summed E-state index contributed by atoms with van der Waals surface area (Å²) in [6.07, 6.45) is 1.72. The Balaban J connectivity index is 1.66. The predicted octanol–water partition coefficient (Wildman–Crippen LogP) is 4.57. The highest BCUT2D eigenvalue weighted by molar-refractivity contribution is 5.96. The molecular formula is C24H23N3O4. The van der Waals surface area contributed by atoms with E-state index in [1.807, 2.05) is 61.5 Å². The summed E-state index contributed by atoms with van der Waals surface area (Å²) in [5, 5.41) is 8.59. The number of carbonyl (C=O) groups excluding carboxylic acids is 1. The van der Waals surface area contributed by atoms with Gasteiger partial charge in [-0.3, -0.25) is 4.68 Å². The van der Waals surface area contributed by atoms with E-state index < -0.39 is 5.97 Å². The van der Waals surface area contributed by atoms with E-state index in [2.05, 4.69) is 10.3 Å². The Morgan fingerprint density at radius 2 is 1.90 bits per heavy atom. The molecule has 0 aliphatic carbocycles. The summed E-state index contributed by atoms with van der Waals surface area (Å²) in [5.41, 5.74) is 4.26. The summed E-state index contributed by atoms with van der Waals surface area (Å²) in [5.74, 6) is 0.861. The Morgan fingerprint density at radius 3 is 2.61 bits per heavy atom. The molecule has 2 aromatic heterocycles. The van der Waals surface area contributed by atoms with Crippen molar-refractivity contribution in [1.82, 2.24) is 14.9 Å². The predicted molar refractivity (Wildman–Crippen MR) is 115 cm³/mol. The largest absolute Gasteiger partial charge is 0.497 e. The van der Waals surface area contributed by atoms with Gasteiger partial charge in [-0.05, 0) is 31.5 Å². The van der Waals surface area contributed by atoms with Gasteiger partial charge >= 0.3 is 5.97 Å². The van der Waals surface area contributed by atoms with Crippen LogP contribution in [0.1, 0.15) is 32.9 Å². The number of methoxy groups -OCH3 is 1. The number of benzene rings is 2. The Hall–Kier alpha value is -3.87. The van der Waals surface area contributed by atoms with Crippen molar-refractivity contribution in [3.8, 4) is 17.0 Å². The van der Waals surface area contributed by atoms with Crippen LogP contribution in [0.25, 0.3) is 11.3 Å². The van der Waals surface area contributed by atoms with Gasteiger partial charge in [-0.25, -0.2) is 4.79 Å². The van der Waals surface area contributed by atoms with Gasteiger partial charge in [0, 0.05) is 11.8 Å². The zero-order valence-corrected chi connectivity index (χ0v) is 17.7. The molecule has 4 aromatic rings. The molecule has 158 valence electrons. The van der Waals surface area contributed by atoms with Crippen LogP contribution in [-0.4, -0.2) is 28.0 Å². The Morgan fingerprint density at radius 1 is 1.10 bits per heavy atom. The number of nitrogens with zero attached hydrogens (tertiary/aromatic N) is 3. The molecule has 0 unspecified atom stereocenters. The second-order valence-corrected chi connectivity index (χ2v) is 7.19. The van der Waals surface area contributed by atoms with Crippen LogP contribution in [0.5, 0.6) is 5.75 Å². The first-order chi connectivity index (χ1) is 15.0. The summed E-state index contributed by atoms with van der Waals surface area (Å²) >= 11 is 0. The van der Waals surface area contributed by atoms with Gasteiger partial charge in [0.15, 0.2) is 0 Å². The fraction of sp³-hybridized carbons (Fsp3) is 0.208. The minimum atomic E-state index is -0.461. The third-order valence-electron chi connectivity index (χ3n) is 5.04. The van der Waals surface area contributed by atoms with E-state index in [0.29, 0.717) is 35.0 Å². The molecule has 2 heterocycles. The third-order valence-corrected chi connectivity index (χ3v) is 5.04. The van der Waals surface area contributed by atoms with Crippen LogP contribution < -0.4 is 4.74 Å². The average Bonchev–Trinajstić information content (AvgIpc) is 3.36. The van der Waals surface area contributed by atoms with Crippen LogP contribution >= 0.6 is 0 Å². The van der Waals surface area contributed by atoms with Gasteiger partial charge in [0.2, 0.25) is 0 Å². The molecule has 0 saturated heterocycles. The van der Waals surface area contributed by atoms with Crippen molar-refractivity contribution in [3.05, 3.63) is 88.9 Å². The summed E-state index contributed by atoms with van der Waals surface area (Å²) in [4.78, 5) is 13.0. The molecule has 0 spiro atoms. The maximum Gasteiger partial charge on any atom is 0.342 e. The van der Waals surface area contributed by atoms with E-state index in [0.717, 1.165) is 16.7 Å². The number of hydrogen-bond donors (Lipinski definition) is 0. The van der Waals surface area contributed by atoms with E-state index in [9.17, 15) is 4.79 Å². The average molecular weight is 417 g/mol. The zero-order valence-electron chi connectivity index (χ0n) is 17.7. The van der Waals surface area contributed by atoms with Gasteiger partial charge in [0.25, 0.3) is 0 Å². The molecule has 7 nitrogen and oxygen atoms in total. The third kappa shape index (κ3) is 4.50. The number of rotatable bonds is 7. The van der Waals surface area contributed by atoms with Crippen molar-refractivity contribution in [2.24, 2.45) is 0 Å². The topological polar surface area (TPSA) is 79.4 Å². The van der Waals surface area contributed by atoms with Crippen molar-refractivity contribution in [1.29, 1.82) is 0 Å². The molecule has 0 aliphatic rings. The summed E-state index contributed by atoms with van der Waals surface area (Å²) < 4.78 is 17.8. The lowest BCUT2D eigenvalue weighted by Gasteiger charge is -2.06. The van der Waals surface area contributed by atoms with Crippen molar-refractivity contribution in [2.75, 3.05) is 7.11 Å². The minimum Gasteiger partial charge on any atom is -0.497 e. The van der Waals surface area contributed by atoms with Gasteiger partial charge in [-0.2, -0.15) is 5.10 Å². The maximum absolute atomic E-state index is 13.0. The van der Waals surface area contributed by atoms with Crippen LogP contribution in [0.3, 0.4) is 0 Å². The molecule has 0 radical (unpaired) electrons. The molecule has 0 N–H and O–H groups in total. The molecule has 4 rings (SSSR count). The van der Waals surface area contributed by atoms with Crippen molar-refractivity contribution < 1.29 is 18.8 Å². The lowest BCUT2D eigenvalue weighted by molar-refractivity contribution is 0.0471. The summed E-state index contributed by atoms with van der Waals surface area (Å²) in [6, 6.07) is 17.4. The molecule has 0 aliphatic heterocycles. The number of esters is 1. The monoisotopic (exact) mass is 417 g/mol. The quantitative estimate of drug-likeness (QED) is 0.410. The molecule has 0 saturated carbocycles. The van der Waals surface area contributed by atoms with Crippen molar-refractivity contribution in [3.63, 3.8) is 0 Å². The SMILES string of the molecule is COc1cccc(-c2nn(Cc3ccccc3)cc2C(=O)OCc2c(C)noc2C)c1. The van der Waals surface area contributed by atoms with Crippen LogP contribution in [0.2, 0.25) is 0 Å². The number of carbonyl (C=O) groups is 1.